The largest absolute Gasteiger partial charge is 0.492 e. The number of methoxy groups -OCH3 is 1. The molecule has 7 nitrogen and oxygen atoms in total. The van der Waals surface area contributed by atoms with Crippen LogP contribution in [0.15, 0.2) is 48.7 Å². The monoisotopic (exact) mass is 465 g/mol. The van der Waals surface area contributed by atoms with Crippen molar-refractivity contribution in [1.29, 1.82) is 0 Å². The van der Waals surface area contributed by atoms with Crippen LogP contribution < -0.4 is 19.5 Å². The standard InChI is InChI=1S/C25H24ClN3O4/c1-29-11-9-16-13-20-22(33-14-32-20)23(31-2)21(16)19(29)12-15-5-7-17(8-6-15)28-25(30)18-4-3-10-27-24(18)26/h3-8,10,13,19H,9,11-12,14H2,1-2H3,(H,28,30)/t19-/m1/s1. The normalized spacial score (nSPS) is 16.9. The molecule has 0 aliphatic carbocycles. The van der Waals surface area contributed by atoms with Crippen LogP contribution in [-0.4, -0.2) is 43.3 Å². The molecule has 170 valence electrons. The highest BCUT2D eigenvalue weighted by atomic mass is 35.5. The first kappa shape index (κ1) is 21.6. The number of carbonyl (C=O) groups is 1. The van der Waals surface area contributed by atoms with Crippen LogP contribution in [0.1, 0.15) is 33.1 Å². The minimum atomic E-state index is -0.289. The number of pyridine rings is 1. The van der Waals surface area contributed by atoms with E-state index in [-0.39, 0.29) is 23.9 Å². The lowest BCUT2D eigenvalue weighted by Crippen LogP contribution is -2.33. The van der Waals surface area contributed by atoms with Gasteiger partial charge in [0.05, 0.1) is 12.7 Å². The van der Waals surface area contributed by atoms with Crippen LogP contribution in [-0.2, 0) is 12.8 Å². The Morgan fingerprint density at radius 2 is 2.09 bits per heavy atom. The van der Waals surface area contributed by atoms with Crippen LogP contribution in [0.4, 0.5) is 5.69 Å². The number of hydrogen-bond donors (Lipinski definition) is 1. The van der Waals surface area contributed by atoms with Gasteiger partial charge >= 0.3 is 0 Å². The Kier molecular flexibility index (Phi) is 5.83. The zero-order chi connectivity index (χ0) is 22.9. The van der Waals surface area contributed by atoms with E-state index in [4.69, 9.17) is 25.8 Å². The molecule has 1 atom stereocenters. The van der Waals surface area contributed by atoms with Crippen LogP contribution in [0.25, 0.3) is 0 Å². The Hall–Kier alpha value is -3.29. The second kappa shape index (κ2) is 8.92. The molecule has 5 rings (SSSR count). The molecular formula is C25H24ClN3O4. The van der Waals surface area contributed by atoms with E-state index in [1.165, 1.54) is 5.56 Å². The van der Waals surface area contributed by atoms with E-state index in [0.29, 0.717) is 17.0 Å². The Morgan fingerprint density at radius 1 is 1.27 bits per heavy atom. The maximum Gasteiger partial charge on any atom is 0.258 e. The first-order valence-electron chi connectivity index (χ1n) is 10.8. The minimum absolute atomic E-state index is 0.132. The molecule has 2 aliphatic rings. The van der Waals surface area contributed by atoms with Crippen LogP contribution >= 0.6 is 11.6 Å². The summed E-state index contributed by atoms with van der Waals surface area (Å²) >= 11 is 6.03. The Labute approximate surface area is 197 Å². The first-order chi connectivity index (χ1) is 16.0. The fourth-order valence-corrected chi connectivity index (χ4v) is 4.69. The van der Waals surface area contributed by atoms with Crippen molar-refractivity contribution in [2.75, 3.05) is 32.8 Å². The summed E-state index contributed by atoms with van der Waals surface area (Å²) in [5.74, 6) is 1.91. The van der Waals surface area contributed by atoms with E-state index >= 15 is 0 Å². The van der Waals surface area contributed by atoms with Crippen molar-refractivity contribution in [3.8, 4) is 17.2 Å². The lowest BCUT2D eigenvalue weighted by atomic mass is 9.87. The van der Waals surface area contributed by atoms with Gasteiger partial charge in [-0.15, -0.1) is 0 Å². The Morgan fingerprint density at radius 3 is 2.85 bits per heavy atom. The predicted octanol–water partition coefficient (Wildman–Crippen LogP) is 4.50. The number of benzene rings is 2. The molecule has 0 fully saturated rings. The molecule has 33 heavy (non-hydrogen) atoms. The van der Waals surface area contributed by atoms with E-state index in [0.717, 1.165) is 42.0 Å². The molecular weight excluding hydrogens is 442 g/mol. The van der Waals surface area contributed by atoms with Gasteiger partial charge in [0.25, 0.3) is 5.91 Å². The number of halogens is 1. The van der Waals surface area contributed by atoms with Gasteiger partial charge in [0.2, 0.25) is 12.5 Å². The molecule has 3 aromatic rings. The molecule has 0 bridgehead atoms. The summed E-state index contributed by atoms with van der Waals surface area (Å²) in [6.45, 7) is 1.16. The quantitative estimate of drug-likeness (QED) is 0.559. The molecule has 1 aromatic heterocycles. The fourth-order valence-electron chi connectivity index (χ4n) is 4.48. The van der Waals surface area contributed by atoms with E-state index in [1.54, 1.807) is 25.4 Å². The van der Waals surface area contributed by atoms with Gasteiger partial charge in [-0.1, -0.05) is 23.7 Å². The van der Waals surface area contributed by atoms with Crippen molar-refractivity contribution in [1.82, 2.24) is 9.88 Å². The number of hydrogen-bond acceptors (Lipinski definition) is 6. The molecule has 0 saturated carbocycles. The average molecular weight is 466 g/mol. The van der Waals surface area contributed by atoms with Gasteiger partial charge < -0.3 is 19.5 Å². The predicted molar refractivity (Wildman–Crippen MR) is 126 cm³/mol. The van der Waals surface area contributed by atoms with Crippen molar-refractivity contribution in [2.24, 2.45) is 0 Å². The molecule has 2 aromatic carbocycles. The van der Waals surface area contributed by atoms with E-state index in [9.17, 15) is 4.79 Å². The zero-order valence-electron chi connectivity index (χ0n) is 18.4. The van der Waals surface area contributed by atoms with Crippen LogP contribution in [0, 0.1) is 0 Å². The Bertz CT molecular complexity index is 1200. The maximum absolute atomic E-state index is 12.5. The summed E-state index contributed by atoms with van der Waals surface area (Å²) in [5.41, 5.74) is 4.57. The smallest absolute Gasteiger partial charge is 0.258 e. The second-order valence-corrected chi connectivity index (χ2v) is 8.52. The number of rotatable bonds is 5. The number of aromatic nitrogens is 1. The number of amides is 1. The van der Waals surface area contributed by atoms with Gasteiger partial charge in [0.15, 0.2) is 11.5 Å². The number of carbonyl (C=O) groups excluding carboxylic acids is 1. The molecule has 1 amide bonds. The fraction of sp³-hybridized carbons (Fsp3) is 0.280. The zero-order valence-corrected chi connectivity index (χ0v) is 19.2. The summed E-state index contributed by atoms with van der Waals surface area (Å²) in [6, 6.07) is 13.4. The highest BCUT2D eigenvalue weighted by molar-refractivity contribution is 6.33. The summed E-state index contributed by atoms with van der Waals surface area (Å²) in [4.78, 5) is 18.8. The molecule has 0 unspecified atom stereocenters. The van der Waals surface area contributed by atoms with Crippen molar-refractivity contribution < 1.29 is 19.0 Å². The van der Waals surface area contributed by atoms with E-state index < -0.39 is 0 Å². The molecule has 0 spiro atoms. The Balaban J connectivity index is 1.37. The molecule has 3 heterocycles. The van der Waals surface area contributed by atoms with E-state index in [2.05, 4.69) is 28.3 Å². The van der Waals surface area contributed by atoms with Gasteiger partial charge in [-0.3, -0.25) is 9.69 Å². The molecule has 1 N–H and O–H groups in total. The van der Waals surface area contributed by atoms with Crippen molar-refractivity contribution >= 4 is 23.2 Å². The third kappa shape index (κ3) is 4.10. The number of likely N-dealkylation sites (N-methyl/N-ethyl adjacent to an activating group) is 1. The summed E-state index contributed by atoms with van der Waals surface area (Å²) in [6.07, 6.45) is 3.27. The van der Waals surface area contributed by atoms with Crippen molar-refractivity contribution in [3.63, 3.8) is 0 Å². The molecule has 8 heteroatoms. The number of nitrogens with one attached hydrogen (secondary N) is 1. The average Bonchev–Trinajstić information content (AvgIpc) is 3.29. The summed E-state index contributed by atoms with van der Waals surface area (Å²) in [7, 11) is 3.80. The highest BCUT2D eigenvalue weighted by Gasteiger charge is 2.33. The SMILES string of the molecule is COc1c2c(cc3c1[C@@H](Cc1ccc(NC(=O)c4cccnc4Cl)cc1)N(C)CC3)OCO2. The van der Waals surface area contributed by atoms with Gasteiger partial charge in [-0.2, -0.15) is 0 Å². The third-order valence-electron chi connectivity index (χ3n) is 6.19. The molecule has 2 aliphatic heterocycles. The first-order valence-corrected chi connectivity index (χ1v) is 11.1. The maximum atomic E-state index is 12.5. The highest BCUT2D eigenvalue weighted by Crippen LogP contribution is 2.49. The van der Waals surface area contributed by atoms with Crippen molar-refractivity contribution in [2.45, 2.75) is 18.9 Å². The van der Waals surface area contributed by atoms with Crippen LogP contribution in [0.3, 0.4) is 0 Å². The van der Waals surface area contributed by atoms with E-state index in [1.807, 2.05) is 24.3 Å². The number of nitrogens with zero attached hydrogens (tertiary/aromatic N) is 2. The minimum Gasteiger partial charge on any atom is -0.492 e. The van der Waals surface area contributed by atoms with Crippen LogP contribution in [0.2, 0.25) is 5.15 Å². The van der Waals surface area contributed by atoms with Gasteiger partial charge in [-0.05, 0) is 61.3 Å². The topological polar surface area (TPSA) is 72.9 Å². The number of anilines is 1. The third-order valence-corrected chi connectivity index (χ3v) is 6.49. The molecule has 0 saturated heterocycles. The number of fused-ring (bicyclic) bond motifs is 2. The molecule has 0 radical (unpaired) electrons. The van der Waals surface area contributed by atoms with Crippen LogP contribution in [0.5, 0.6) is 17.2 Å². The van der Waals surface area contributed by atoms with Gasteiger partial charge in [0.1, 0.15) is 5.15 Å². The van der Waals surface area contributed by atoms with Gasteiger partial charge in [0, 0.05) is 30.0 Å². The lowest BCUT2D eigenvalue weighted by Gasteiger charge is -2.36. The number of ether oxygens (including phenoxy) is 3. The van der Waals surface area contributed by atoms with Gasteiger partial charge in [-0.25, -0.2) is 4.98 Å². The second-order valence-electron chi connectivity index (χ2n) is 8.16. The summed E-state index contributed by atoms with van der Waals surface area (Å²) < 4.78 is 17.1. The summed E-state index contributed by atoms with van der Waals surface area (Å²) in [5, 5.41) is 3.06. The lowest BCUT2D eigenvalue weighted by molar-refractivity contribution is 0.102. The van der Waals surface area contributed by atoms with Crippen molar-refractivity contribution in [3.05, 3.63) is 76.1 Å².